The molecule has 0 bridgehead atoms. The van der Waals surface area contributed by atoms with E-state index in [1.165, 1.54) is 12.8 Å². The standard InChI is InChI=1S/C16H19ClN2O/c1-11-4-2-5-13(16(11)17)14-10-19-15(20-14)6-3-9-18-12-7-8-12/h2,4-5,10,12,18H,3,6-9H2,1H3. The number of aryl methyl sites for hydroxylation is 2. The number of oxazole rings is 1. The molecule has 3 nitrogen and oxygen atoms in total. The van der Waals surface area contributed by atoms with E-state index < -0.39 is 0 Å². The topological polar surface area (TPSA) is 38.1 Å². The van der Waals surface area contributed by atoms with Crippen LogP contribution in [0.2, 0.25) is 5.02 Å². The molecular weight excluding hydrogens is 272 g/mol. The second-order valence-electron chi connectivity index (χ2n) is 5.39. The van der Waals surface area contributed by atoms with Gasteiger partial charge in [0, 0.05) is 18.0 Å². The Morgan fingerprint density at radius 1 is 1.40 bits per heavy atom. The van der Waals surface area contributed by atoms with Gasteiger partial charge < -0.3 is 9.73 Å². The molecule has 3 rings (SSSR count). The monoisotopic (exact) mass is 290 g/mol. The summed E-state index contributed by atoms with van der Waals surface area (Å²) in [5.41, 5.74) is 1.97. The van der Waals surface area contributed by atoms with Crippen LogP contribution in [-0.2, 0) is 6.42 Å². The van der Waals surface area contributed by atoms with E-state index in [4.69, 9.17) is 16.0 Å². The lowest BCUT2D eigenvalue weighted by Gasteiger charge is -2.03. The zero-order valence-corrected chi connectivity index (χ0v) is 12.4. The summed E-state index contributed by atoms with van der Waals surface area (Å²) in [5, 5.41) is 4.23. The van der Waals surface area contributed by atoms with Gasteiger partial charge >= 0.3 is 0 Å². The van der Waals surface area contributed by atoms with Crippen molar-refractivity contribution in [2.45, 2.75) is 38.6 Å². The maximum absolute atomic E-state index is 6.31. The Balaban J connectivity index is 1.62. The van der Waals surface area contributed by atoms with Crippen LogP contribution in [0.25, 0.3) is 11.3 Å². The number of benzene rings is 1. The van der Waals surface area contributed by atoms with Crippen molar-refractivity contribution >= 4 is 11.6 Å². The molecule has 1 aromatic carbocycles. The van der Waals surface area contributed by atoms with E-state index in [-0.39, 0.29) is 0 Å². The second-order valence-corrected chi connectivity index (χ2v) is 5.76. The summed E-state index contributed by atoms with van der Waals surface area (Å²) in [7, 11) is 0. The summed E-state index contributed by atoms with van der Waals surface area (Å²) in [6.45, 7) is 3.03. The third-order valence-corrected chi connectivity index (χ3v) is 4.09. The quantitative estimate of drug-likeness (QED) is 0.818. The van der Waals surface area contributed by atoms with Crippen molar-refractivity contribution in [3.8, 4) is 11.3 Å². The lowest BCUT2D eigenvalue weighted by molar-refractivity contribution is 0.491. The van der Waals surface area contributed by atoms with Crippen molar-refractivity contribution in [1.29, 1.82) is 0 Å². The van der Waals surface area contributed by atoms with Gasteiger partial charge in [-0.2, -0.15) is 0 Å². The largest absolute Gasteiger partial charge is 0.441 e. The van der Waals surface area contributed by atoms with Crippen LogP contribution in [0, 0.1) is 6.92 Å². The third-order valence-electron chi connectivity index (χ3n) is 3.59. The molecule has 1 fully saturated rings. The maximum atomic E-state index is 6.31. The lowest BCUT2D eigenvalue weighted by Crippen LogP contribution is -2.17. The summed E-state index contributed by atoms with van der Waals surface area (Å²) in [6, 6.07) is 6.71. The van der Waals surface area contributed by atoms with Gasteiger partial charge in [0.25, 0.3) is 0 Å². The fraction of sp³-hybridized carbons (Fsp3) is 0.438. The van der Waals surface area contributed by atoms with Crippen molar-refractivity contribution in [3.05, 3.63) is 40.9 Å². The third kappa shape index (κ3) is 3.22. The average molecular weight is 291 g/mol. The number of aromatic nitrogens is 1. The molecule has 0 saturated heterocycles. The number of nitrogens with one attached hydrogen (secondary N) is 1. The molecule has 1 N–H and O–H groups in total. The van der Waals surface area contributed by atoms with Crippen molar-refractivity contribution in [1.82, 2.24) is 10.3 Å². The lowest BCUT2D eigenvalue weighted by atomic mass is 10.1. The van der Waals surface area contributed by atoms with Crippen molar-refractivity contribution in [2.75, 3.05) is 6.54 Å². The second kappa shape index (κ2) is 5.98. The number of halogens is 1. The number of rotatable bonds is 6. The summed E-state index contributed by atoms with van der Waals surface area (Å²) in [4.78, 5) is 4.34. The van der Waals surface area contributed by atoms with E-state index in [0.717, 1.165) is 53.2 Å². The SMILES string of the molecule is Cc1cccc(-c2cnc(CCCNC3CC3)o2)c1Cl. The van der Waals surface area contributed by atoms with E-state index >= 15 is 0 Å². The molecule has 0 aliphatic heterocycles. The van der Waals surface area contributed by atoms with Crippen LogP contribution in [-0.4, -0.2) is 17.6 Å². The van der Waals surface area contributed by atoms with Gasteiger partial charge in [0.1, 0.15) is 0 Å². The minimum Gasteiger partial charge on any atom is -0.441 e. The highest BCUT2D eigenvalue weighted by Crippen LogP contribution is 2.30. The number of nitrogens with zero attached hydrogens (tertiary/aromatic N) is 1. The van der Waals surface area contributed by atoms with Crippen molar-refractivity contribution < 1.29 is 4.42 Å². The van der Waals surface area contributed by atoms with Crippen LogP contribution in [0.5, 0.6) is 0 Å². The highest BCUT2D eigenvalue weighted by atomic mass is 35.5. The molecule has 0 spiro atoms. The van der Waals surface area contributed by atoms with Crippen LogP contribution >= 0.6 is 11.6 Å². The fourth-order valence-corrected chi connectivity index (χ4v) is 2.44. The van der Waals surface area contributed by atoms with Gasteiger partial charge in [0.05, 0.1) is 11.2 Å². The first-order chi connectivity index (χ1) is 9.74. The summed E-state index contributed by atoms with van der Waals surface area (Å²) in [5.74, 6) is 1.54. The Morgan fingerprint density at radius 2 is 2.25 bits per heavy atom. The Labute approximate surface area is 124 Å². The van der Waals surface area contributed by atoms with Gasteiger partial charge in [0.2, 0.25) is 0 Å². The summed E-state index contributed by atoms with van der Waals surface area (Å²) in [6.07, 6.45) is 6.34. The fourth-order valence-electron chi connectivity index (χ4n) is 2.22. The first-order valence-corrected chi connectivity index (χ1v) is 7.55. The van der Waals surface area contributed by atoms with Gasteiger partial charge in [-0.1, -0.05) is 23.7 Å². The van der Waals surface area contributed by atoms with Crippen LogP contribution in [0.4, 0.5) is 0 Å². The zero-order chi connectivity index (χ0) is 13.9. The zero-order valence-electron chi connectivity index (χ0n) is 11.7. The Hall–Kier alpha value is -1.32. The van der Waals surface area contributed by atoms with Crippen LogP contribution in [0.3, 0.4) is 0 Å². The first kappa shape index (κ1) is 13.7. The van der Waals surface area contributed by atoms with E-state index in [1.54, 1.807) is 6.20 Å². The highest BCUT2D eigenvalue weighted by Gasteiger charge is 2.19. The molecule has 1 aromatic heterocycles. The smallest absolute Gasteiger partial charge is 0.194 e. The van der Waals surface area contributed by atoms with Gasteiger partial charge in [-0.25, -0.2) is 4.98 Å². The van der Waals surface area contributed by atoms with E-state index in [0.29, 0.717) is 0 Å². The molecule has 0 atom stereocenters. The molecule has 1 aliphatic carbocycles. The Kier molecular flexibility index (Phi) is 4.08. The van der Waals surface area contributed by atoms with Crippen LogP contribution in [0.1, 0.15) is 30.7 Å². The Bertz CT molecular complexity index is 590. The van der Waals surface area contributed by atoms with Gasteiger partial charge in [0.15, 0.2) is 11.7 Å². The van der Waals surface area contributed by atoms with E-state index in [2.05, 4.69) is 10.3 Å². The molecular formula is C16H19ClN2O. The molecule has 4 heteroatoms. The molecule has 0 radical (unpaired) electrons. The average Bonchev–Trinajstić information content (AvgIpc) is 3.15. The first-order valence-electron chi connectivity index (χ1n) is 7.17. The molecule has 0 amide bonds. The Morgan fingerprint density at radius 3 is 3.05 bits per heavy atom. The van der Waals surface area contributed by atoms with E-state index in [9.17, 15) is 0 Å². The summed E-state index contributed by atoms with van der Waals surface area (Å²) < 4.78 is 5.80. The maximum Gasteiger partial charge on any atom is 0.194 e. The molecule has 20 heavy (non-hydrogen) atoms. The number of hydrogen-bond acceptors (Lipinski definition) is 3. The molecule has 1 saturated carbocycles. The van der Waals surface area contributed by atoms with Crippen molar-refractivity contribution in [3.63, 3.8) is 0 Å². The van der Waals surface area contributed by atoms with Crippen molar-refractivity contribution in [2.24, 2.45) is 0 Å². The molecule has 1 heterocycles. The molecule has 1 aliphatic rings. The van der Waals surface area contributed by atoms with Gasteiger partial charge in [-0.3, -0.25) is 0 Å². The van der Waals surface area contributed by atoms with Gasteiger partial charge in [-0.15, -0.1) is 0 Å². The van der Waals surface area contributed by atoms with Crippen LogP contribution in [0.15, 0.2) is 28.8 Å². The predicted molar refractivity (Wildman–Crippen MR) is 81.0 cm³/mol. The minimum absolute atomic E-state index is 0.741. The molecule has 0 unspecified atom stereocenters. The van der Waals surface area contributed by atoms with Gasteiger partial charge in [-0.05, 0) is 44.4 Å². The predicted octanol–water partition coefficient (Wildman–Crippen LogP) is 3.99. The van der Waals surface area contributed by atoms with Crippen LogP contribution < -0.4 is 5.32 Å². The van der Waals surface area contributed by atoms with E-state index in [1.807, 2.05) is 25.1 Å². The molecule has 106 valence electrons. The highest BCUT2D eigenvalue weighted by molar-refractivity contribution is 6.33. The minimum atomic E-state index is 0.741. The summed E-state index contributed by atoms with van der Waals surface area (Å²) >= 11 is 6.31. The molecule has 2 aromatic rings. The normalized spacial score (nSPS) is 14.7. The number of hydrogen-bond donors (Lipinski definition) is 1.